The van der Waals surface area contributed by atoms with Crippen LogP contribution in [0.25, 0.3) is 5.57 Å². The molecule has 36 heavy (non-hydrogen) atoms. The molecule has 4 N–H and O–H groups in total. The van der Waals surface area contributed by atoms with Crippen molar-refractivity contribution in [2.45, 2.75) is 18.7 Å². The van der Waals surface area contributed by atoms with Gasteiger partial charge in [-0.2, -0.15) is 13.2 Å². The van der Waals surface area contributed by atoms with Gasteiger partial charge in [-0.1, -0.05) is 30.4 Å². The normalized spacial score (nSPS) is 15.9. The molecule has 10 heteroatoms. The van der Waals surface area contributed by atoms with Gasteiger partial charge in [-0.25, -0.2) is 0 Å². The summed E-state index contributed by atoms with van der Waals surface area (Å²) in [6.07, 6.45) is -0.112. The minimum Gasteiger partial charge on any atom is -0.383 e. The maximum Gasteiger partial charge on any atom is 0.416 e. The lowest BCUT2D eigenvalue weighted by Crippen LogP contribution is -2.34. The van der Waals surface area contributed by atoms with Crippen molar-refractivity contribution in [2.75, 3.05) is 10.6 Å². The first kappa shape index (κ1) is 24.7. The fraction of sp³-hybridized carbons (Fsp3) is 0.115. The fourth-order valence-corrected chi connectivity index (χ4v) is 3.76. The topological polar surface area (TPSA) is 111 Å². The summed E-state index contributed by atoms with van der Waals surface area (Å²) in [4.78, 5) is 38.5. The predicted octanol–water partition coefficient (Wildman–Crippen LogP) is 3.88. The number of hydrogen-bond donors (Lipinski definition) is 4. The lowest BCUT2D eigenvalue weighted by atomic mass is 9.97. The van der Waals surface area contributed by atoms with E-state index in [9.17, 15) is 32.7 Å². The van der Waals surface area contributed by atoms with E-state index in [2.05, 4.69) is 15.6 Å². The van der Waals surface area contributed by atoms with Crippen molar-refractivity contribution in [3.8, 4) is 0 Å². The molecule has 0 bridgehead atoms. The van der Waals surface area contributed by atoms with E-state index in [0.717, 1.165) is 12.1 Å². The Balaban J connectivity index is 1.59. The van der Waals surface area contributed by atoms with Crippen LogP contribution in [0, 0.1) is 0 Å². The van der Waals surface area contributed by atoms with Crippen molar-refractivity contribution in [1.29, 1.82) is 0 Å². The highest BCUT2D eigenvalue weighted by Gasteiger charge is 2.30. The Morgan fingerprint density at radius 1 is 1.06 bits per heavy atom. The van der Waals surface area contributed by atoms with Gasteiger partial charge in [-0.05, 0) is 47.0 Å². The molecule has 1 aliphatic rings. The summed E-state index contributed by atoms with van der Waals surface area (Å²) in [7, 11) is 0. The molecule has 2 aromatic carbocycles. The van der Waals surface area contributed by atoms with Gasteiger partial charge >= 0.3 is 6.18 Å². The van der Waals surface area contributed by atoms with Crippen LogP contribution >= 0.6 is 0 Å². The minimum atomic E-state index is -4.49. The number of aliphatic hydroxyl groups excluding tert-OH is 1. The molecular formula is C26H20F3N3O4. The predicted molar refractivity (Wildman–Crippen MR) is 128 cm³/mol. The van der Waals surface area contributed by atoms with E-state index >= 15 is 0 Å². The average molecular weight is 495 g/mol. The summed E-state index contributed by atoms with van der Waals surface area (Å²) >= 11 is 0. The van der Waals surface area contributed by atoms with Crippen LogP contribution in [0.5, 0.6) is 0 Å². The summed E-state index contributed by atoms with van der Waals surface area (Å²) in [5.74, 6) is -1.03. The molecule has 4 rings (SSSR count). The molecule has 7 nitrogen and oxygen atoms in total. The zero-order valence-electron chi connectivity index (χ0n) is 18.6. The van der Waals surface area contributed by atoms with E-state index in [-0.39, 0.29) is 6.42 Å². The molecule has 1 atom stereocenters. The van der Waals surface area contributed by atoms with Crippen molar-refractivity contribution >= 4 is 28.8 Å². The maximum absolute atomic E-state index is 13.0. The molecule has 0 aliphatic carbocycles. The monoisotopic (exact) mass is 495 g/mol. The second-order valence-electron chi connectivity index (χ2n) is 7.99. The first-order chi connectivity index (χ1) is 17.1. The Morgan fingerprint density at radius 2 is 1.81 bits per heavy atom. The number of halogens is 3. The number of fused-ring (bicyclic) bond motifs is 1. The Kier molecular flexibility index (Phi) is 6.89. The number of H-pyrrole nitrogens is 1. The number of benzene rings is 2. The third-order valence-corrected chi connectivity index (χ3v) is 5.51. The zero-order valence-corrected chi connectivity index (χ0v) is 18.6. The molecule has 3 aromatic rings. The van der Waals surface area contributed by atoms with Crippen molar-refractivity contribution in [3.05, 3.63) is 112 Å². The van der Waals surface area contributed by atoms with Crippen LogP contribution in [0.3, 0.4) is 0 Å². The number of pyridine rings is 1. The van der Waals surface area contributed by atoms with E-state index in [4.69, 9.17) is 0 Å². The fourth-order valence-electron chi connectivity index (χ4n) is 3.76. The van der Waals surface area contributed by atoms with Crippen LogP contribution in [-0.2, 0) is 22.2 Å². The van der Waals surface area contributed by atoms with Gasteiger partial charge in [0.25, 0.3) is 5.91 Å². The summed E-state index contributed by atoms with van der Waals surface area (Å²) < 4.78 is 38.9. The van der Waals surface area contributed by atoms with Crippen LogP contribution in [0.4, 0.5) is 24.5 Å². The van der Waals surface area contributed by atoms with Gasteiger partial charge in [-0.15, -0.1) is 0 Å². The molecule has 0 radical (unpaired) electrons. The van der Waals surface area contributed by atoms with Crippen molar-refractivity contribution < 1.29 is 27.9 Å². The molecule has 0 saturated carbocycles. The van der Waals surface area contributed by atoms with E-state index in [0.29, 0.717) is 33.6 Å². The highest BCUT2D eigenvalue weighted by molar-refractivity contribution is 6.03. The van der Waals surface area contributed by atoms with E-state index in [1.54, 1.807) is 24.3 Å². The Bertz CT molecular complexity index is 1420. The number of nitrogens with one attached hydrogen (secondary N) is 3. The number of aliphatic hydroxyl groups is 1. The van der Waals surface area contributed by atoms with Gasteiger partial charge in [0.2, 0.25) is 11.5 Å². The number of aromatic amines is 1. The molecule has 0 fully saturated rings. The molecule has 2 amide bonds. The van der Waals surface area contributed by atoms with Crippen LogP contribution in [0.15, 0.2) is 83.8 Å². The van der Waals surface area contributed by atoms with Crippen molar-refractivity contribution in [3.63, 3.8) is 0 Å². The second kappa shape index (κ2) is 10.0. The quantitative estimate of drug-likeness (QED) is 0.318. The van der Waals surface area contributed by atoms with Gasteiger partial charge in [0.15, 0.2) is 0 Å². The number of hydrogen-bond acceptors (Lipinski definition) is 4. The molecule has 2 heterocycles. The van der Waals surface area contributed by atoms with Gasteiger partial charge in [0, 0.05) is 41.7 Å². The molecule has 184 valence electrons. The summed E-state index contributed by atoms with van der Waals surface area (Å²) in [6.45, 7) is 0. The lowest BCUT2D eigenvalue weighted by Gasteiger charge is -2.23. The number of alkyl halides is 3. The van der Waals surface area contributed by atoms with Crippen molar-refractivity contribution in [1.82, 2.24) is 4.98 Å². The molecule has 1 aliphatic heterocycles. The number of carbonyl (C=O) groups is 2. The van der Waals surface area contributed by atoms with E-state index in [1.807, 2.05) is 0 Å². The number of rotatable bonds is 5. The number of anilines is 2. The third kappa shape index (κ3) is 5.61. The van der Waals surface area contributed by atoms with E-state index in [1.165, 1.54) is 42.6 Å². The minimum absolute atomic E-state index is 0.0435. The van der Waals surface area contributed by atoms with Gasteiger partial charge in [0.05, 0.1) is 5.56 Å². The van der Waals surface area contributed by atoms with Crippen molar-refractivity contribution in [2.24, 2.45) is 0 Å². The smallest absolute Gasteiger partial charge is 0.383 e. The third-order valence-electron chi connectivity index (χ3n) is 5.51. The van der Waals surface area contributed by atoms with E-state index < -0.39 is 35.2 Å². The SMILES string of the molecule is O=C(/C=C/C=C(/c1ccc(C(F)(F)F)cc1)c1cc[nH]c(=O)c1)Nc1cccc2c1CC(O)C(=O)N2. The molecule has 0 spiro atoms. The largest absolute Gasteiger partial charge is 0.416 e. The van der Waals surface area contributed by atoms with Gasteiger partial charge in [0.1, 0.15) is 6.10 Å². The summed E-state index contributed by atoms with van der Waals surface area (Å²) in [5.41, 5.74) is 1.59. The average Bonchev–Trinajstić information content (AvgIpc) is 2.83. The molecule has 1 aromatic heterocycles. The molecule has 0 saturated heterocycles. The second-order valence-corrected chi connectivity index (χ2v) is 7.99. The molecular weight excluding hydrogens is 475 g/mol. The molecule has 1 unspecified atom stereocenters. The summed E-state index contributed by atoms with van der Waals surface area (Å²) in [5, 5.41) is 15.1. The van der Waals surface area contributed by atoms with Crippen LogP contribution in [0.2, 0.25) is 0 Å². The first-order valence-electron chi connectivity index (χ1n) is 10.8. The standard InChI is InChI=1S/C26H20F3N3O4/c27-26(28,29)17-9-7-15(8-10-17)18(16-11-12-30-24(35)13-16)3-1-6-23(34)31-20-4-2-5-21-19(20)14-22(33)25(36)32-21/h1-13,22,33H,14H2,(H,30,35)(H,31,34)(H,32,36)/b6-1+,18-3-. The Hall–Kier alpha value is -4.44. The van der Waals surface area contributed by atoms with Crippen LogP contribution in [-0.4, -0.2) is 28.0 Å². The summed E-state index contributed by atoms with van der Waals surface area (Å²) in [6, 6.07) is 12.3. The van der Waals surface area contributed by atoms with Gasteiger partial charge < -0.3 is 20.7 Å². The highest BCUT2D eigenvalue weighted by Crippen LogP contribution is 2.32. The van der Waals surface area contributed by atoms with Crippen LogP contribution in [0.1, 0.15) is 22.3 Å². The van der Waals surface area contributed by atoms with Gasteiger partial charge in [-0.3, -0.25) is 14.4 Å². The number of aromatic nitrogens is 1. The zero-order chi connectivity index (χ0) is 25.9. The maximum atomic E-state index is 13.0. The Labute approximate surface area is 203 Å². The highest BCUT2D eigenvalue weighted by atomic mass is 19.4. The Morgan fingerprint density at radius 3 is 2.50 bits per heavy atom. The van der Waals surface area contributed by atoms with Crippen LogP contribution < -0.4 is 16.2 Å². The number of allylic oxidation sites excluding steroid dienone is 2. The number of amides is 2. The lowest BCUT2D eigenvalue weighted by molar-refractivity contribution is -0.137. The number of carbonyl (C=O) groups excluding carboxylic acids is 2. The first-order valence-corrected chi connectivity index (χ1v) is 10.8.